The molecule has 5 rings (SSSR count). The summed E-state index contributed by atoms with van der Waals surface area (Å²) < 4.78 is 0. The van der Waals surface area contributed by atoms with Crippen LogP contribution >= 0.6 is 0 Å². The number of carbonyl (C=O) groups is 1. The second-order valence-electron chi connectivity index (χ2n) is 8.24. The number of aromatic nitrogens is 1. The molecule has 3 aliphatic rings. The molecule has 5 nitrogen and oxygen atoms in total. The van der Waals surface area contributed by atoms with Crippen molar-refractivity contribution in [2.75, 3.05) is 26.2 Å². The Balaban J connectivity index is 1.40. The van der Waals surface area contributed by atoms with Gasteiger partial charge in [-0.15, -0.1) is 0 Å². The van der Waals surface area contributed by atoms with Crippen LogP contribution in [0.15, 0.2) is 54.9 Å². The van der Waals surface area contributed by atoms with E-state index in [1.807, 2.05) is 17.0 Å². The molecular weight excluding hydrogens is 338 g/mol. The minimum atomic E-state index is -0.0325. The van der Waals surface area contributed by atoms with E-state index in [0.717, 1.165) is 25.6 Å². The number of hydrogen-bond donors (Lipinski definition) is 1. The van der Waals surface area contributed by atoms with Gasteiger partial charge in [0, 0.05) is 44.0 Å². The SMILES string of the molecule is O=C(c1cccnc1)N1CC2(C1)[C@H](c1ccccc1)[C@@H](CO)N2CC1CC1. The predicted octanol–water partition coefficient (Wildman–Crippen LogP) is 2.15. The molecule has 2 atom stereocenters. The van der Waals surface area contributed by atoms with Gasteiger partial charge >= 0.3 is 0 Å². The van der Waals surface area contributed by atoms with Gasteiger partial charge < -0.3 is 10.0 Å². The Bertz CT molecular complexity index is 816. The number of amides is 1. The van der Waals surface area contributed by atoms with Crippen molar-refractivity contribution in [3.05, 3.63) is 66.0 Å². The van der Waals surface area contributed by atoms with Gasteiger partial charge in [-0.3, -0.25) is 14.7 Å². The molecule has 2 aliphatic heterocycles. The van der Waals surface area contributed by atoms with Gasteiger partial charge in [-0.25, -0.2) is 0 Å². The molecular formula is C22H25N3O2. The lowest BCUT2D eigenvalue weighted by atomic mass is 9.60. The maximum absolute atomic E-state index is 12.8. The van der Waals surface area contributed by atoms with Crippen molar-refractivity contribution in [3.8, 4) is 0 Å². The predicted molar refractivity (Wildman–Crippen MR) is 102 cm³/mol. The van der Waals surface area contributed by atoms with E-state index in [4.69, 9.17) is 0 Å². The number of carbonyl (C=O) groups excluding carboxylic acids is 1. The van der Waals surface area contributed by atoms with Crippen molar-refractivity contribution in [1.29, 1.82) is 0 Å². The zero-order chi connectivity index (χ0) is 18.4. The first-order valence-electron chi connectivity index (χ1n) is 9.85. The molecule has 27 heavy (non-hydrogen) atoms. The zero-order valence-electron chi connectivity index (χ0n) is 15.4. The van der Waals surface area contributed by atoms with Crippen LogP contribution in [0.1, 0.15) is 34.7 Å². The lowest BCUT2D eigenvalue weighted by Crippen LogP contribution is -2.85. The third-order valence-electron chi connectivity index (χ3n) is 6.56. The first-order valence-corrected chi connectivity index (χ1v) is 9.85. The number of hydrogen-bond acceptors (Lipinski definition) is 4. The van der Waals surface area contributed by atoms with Gasteiger partial charge in [0.2, 0.25) is 0 Å². The molecule has 5 heteroatoms. The fourth-order valence-electron chi connectivity index (χ4n) is 5.07. The summed E-state index contributed by atoms with van der Waals surface area (Å²) in [6.07, 6.45) is 5.91. The van der Waals surface area contributed by atoms with Gasteiger partial charge in [-0.1, -0.05) is 30.3 Å². The summed E-state index contributed by atoms with van der Waals surface area (Å²) in [4.78, 5) is 21.3. The third kappa shape index (κ3) is 2.68. The topological polar surface area (TPSA) is 56.7 Å². The molecule has 1 amide bonds. The molecule has 1 aromatic heterocycles. The molecule has 1 N–H and O–H groups in total. The molecule has 0 unspecified atom stereocenters. The van der Waals surface area contributed by atoms with Gasteiger partial charge in [-0.2, -0.15) is 0 Å². The van der Waals surface area contributed by atoms with E-state index in [2.05, 4.69) is 34.1 Å². The molecule has 0 bridgehead atoms. The summed E-state index contributed by atoms with van der Waals surface area (Å²) in [6, 6.07) is 14.3. The van der Waals surface area contributed by atoms with E-state index in [1.54, 1.807) is 18.5 Å². The van der Waals surface area contributed by atoms with Crippen LogP contribution in [0.25, 0.3) is 0 Å². The van der Waals surface area contributed by atoms with Gasteiger partial charge in [0.05, 0.1) is 17.7 Å². The van der Waals surface area contributed by atoms with Crippen LogP contribution < -0.4 is 0 Å². The van der Waals surface area contributed by atoms with Gasteiger partial charge in [0.1, 0.15) is 0 Å². The fraction of sp³-hybridized carbons (Fsp3) is 0.455. The van der Waals surface area contributed by atoms with Crippen molar-refractivity contribution in [2.24, 2.45) is 5.92 Å². The standard InChI is InChI=1S/C22H25N3O2/c26-13-19-20(17-5-2-1-3-6-17)22(25(19)12-16-8-9-16)14-24(15-22)21(27)18-7-4-10-23-11-18/h1-7,10-11,16,19-20,26H,8-9,12-15H2/t19-,20-/m1/s1. The number of nitrogens with zero attached hydrogens (tertiary/aromatic N) is 3. The fourth-order valence-corrected chi connectivity index (χ4v) is 5.07. The van der Waals surface area contributed by atoms with E-state index >= 15 is 0 Å². The van der Waals surface area contributed by atoms with Gasteiger partial charge in [0.15, 0.2) is 0 Å². The number of rotatable bonds is 5. The van der Waals surface area contributed by atoms with Crippen molar-refractivity contribution in [3.63, 3.8) is 0 Å². The van der Waals surface area contributed by atoms with Crippen molar-refractivity contribution in [2.45, 2.75) is 30.3 Å². The Morgan fingerprint density at radius 2 is 1.93 bits per heavy atom. The minimum absolute atomic E-state index is 0.0325. The number of pyridine rings is 1. The number of aliphatic hydroxyl groups is 1. The Labute approximate surface area is 159 Å². The molecule has 1 spiro atoms. The van der Waals surface area contributed by atoms with Crippen LogP contribution in [0.3, 0.4) is 0 Å². The monoisotopic (exact) mass is 363 g/mol. The molecule has 0 radical (unpaired) electrons. The molecule has 1 aromatic carbocycles. The highest BCUT2D eigenvalue weighted by Crippen LogP contribution is 2.55. The molecule has 3 fully saturated rings. The van der Waals surface area contributed by atoms with Crippen LogP contribution in [-0.2, 0) is 0 Å². The largest absolute Gasteiger partial charge is 0.395 e. The molecule has 1 saturated carbocycles. The average Bonchev–Trinajstić information content (AvgIpc) is 3.49. The average molecular weight is 363 g/mol. The van der Waals surface area contributed by atoms with Crippen LogP contribution in [0.4, 0.5) is 0 Å². The summed E-state index contributed by atoms with van der Waals surface area (Å²) in [6.45, 7) is 2.67. The summed E-state index contributed by atoms with van der Waals surface area (Å²) in [5, 5.41) is 10.1. The van der Waals surface area contributed by atoms with Gasteiger partial charge in [0.25, 0.3) is 5.91 Å². The molecule has 1 aliphatic carbocycles. The van der Waals surface area contributed by atoms with Crippen LogP contribution in [0, 0.1) is 5.92 Å². The smallest absolute Gasteiger partial charge is 0.255 e. The summed E-state index contributed by atoms with van der Waals surface area (Å²) in [5.74, 6) is 1.09. The second kappa shape index (κ2) is 6.43. The summed E-state index contributed by atoms with van der Waals surface area (Å²) in [7, 11) is 0. The third-order valence-corrected chi connectivity index (χ3v) is 6.56. The van der Waals surface area contributed by atoms with E-state index in [0.29, 0.717) is 5.56 Å². The van der Waals surface area contributed by atoms with Crippen LogP contribution in [0.5, 0.6) is 0 Å². The highest BCUT2D eigenvalue weighted by atomic mass is 16.3. The van der Waals surface area contributed by atoms with Crippen molar-refractivity contribution < 1.29 is 9.90 Å². The van der Waals surface area contributed by atoms with Crippen molar-refractivity contribution in [1.82, 2.24) is 14.8 Å². The number of likely N-dealkylation sites (tertiary alicyclic amines) is 2. The second-order valence-corrected chi connectivity index (χ2v) is 8.24. The summed E-state index contributed by atoms with van der Waals surface area (Å²) >= 11 is 0. The van der Waals surface area contributed by atoms with Crippen molar-refractivity contribution >= 4 is 5.91 Å². The lowest BCUT2D eigenvalue weighted by molar-refractivity contribution is -0.180. The molecule has 140 valence electrons. The van der Waals surface area contributed by atoms with Crippen LogP contribution in [0.2, 0.25) is 0 Å². The highest BCUT2D eigenvalue weighted by molar-refractivity contribution is 5.94. The molecule has 2 aromatic rings. The maximum atomic E-state index is 12.8. The first-order chi connectivity index (χ1) is 13.2. The normalized spacial score (nSPS) is 26.5. The Hall–Kier alpha value is -2.24. The first kappa shape index (κ1) is 16.9. The molecule has 3 heterocycles. The summed E-state index contributed by atoms with van der Waals surface area (Å²) in [5.41, 5.74) is 1.89. The zero-order valence-corrected chi connectivity index (χ0v) is 15.4. The van der Waals surface area contributed by atoms with E-state index in [1.165, 1.54) is 18.4 Å². The van der Waals surface area contributed by atoms with Crippen LogP contribution in [-0.4, -0.2) is 63.6 Å². The number of benzene rings is 1. The Kier molecular flexibility index (Phi) is 4.02. The molecule has 2 saturated heterocycles. The lowest BCUT2D eigenvalue weighted by Gasteiger charge is -2.71. The maximum Gasteiger partial charge on any atom is 0.255 e. The highest BCUT2D eigenvalue weighted by Gasteiger charge is 2.66. The van der Waals surface area contributed by atoms with E-state index in [-0.39, 0.29) is 30.0 Å². The Morgan fingerprint density at radius 1 is 1.15 bits per heavy atom. The minimum Gasteiger partial charge on any atom is -0.395 e. The van der Waals surface area contributed by atoms with E-state index < -0.39 is 0 Å². The quantitative estimate of drug-likeness (QED) is 0.884. The van der Waals surface area contributed by atoms with E-state index in [9.17, 15) is 9.90 Å². The number of aliphatic hydroxyl groups excluding tert-OH is 1. The van der Waals surface area contributed by atoms with Gasteiger partial charge in [-0.05, 0) is 36.5 Å². The Morgan fingerprint density at radius 3 is 2.56 bits per heavy atom.